The van der Waals surface area contributed by atoms with Gasteiger partial charge in [0.05, 0.1) is 17.5 Å². The topological polar surface area (TPSA) is 59.0 Å². The Morgan fingerprint density at radius 2 is 1.95 bits per heavy atom. The molecular formula is C17H16ClFN2O. The van der Waals surface area contributed by atoms with E-state index in [1.54, 1.807) is 36.4 Å². The van der Waals surface area contributed by atoms with Gasteiger partial charge in [-0.1, -0.05) is 36.7 Å². The minimum Gasteiger partial charge on any atom is -0.453 e. The number of nitrogens with two attached hydrogens (primary N) is 1. The molecule has 0 saturated heterocycles. The summed E-state index contributed by atoms with van der Waals surface area (Å²) < 4.78 is 20.1. The maximum atomic E-state index is 14.5. The van der Waals surface area contributed by atoms with Gasteiger partial charge in [-0.25, -0.2) is 4.39 Å². The molecule has 0 aromatic heterocycles. The summed E-state index contributed by atoms with van der Waals surface area (Å²) in [7, 11) is 0. The lowest BCUT2D eigenvalue weighted by atomic mass is 10.0. The van der Waals surface area contributed by atoms with Gasteiger partial charge in [0, 0.05) is 11.6 Å². The number of hydrogen-bond donors (Lipinski definition) is 1. The minimum absolute atomic E-state index is 0.0314. The molecule has 2 aromatic carbocycles. The fraction of sp³-hybridized carbons (Fsp3) is 0.235. The van der Waals surface area contributed by atoms with Crippen LogP contribution in [0.3, 0.4) is 0 Å². The first-order valence-electron chi connectivity index (χ1n) is 6.94. The molecule has 2 rings (SSSR count). The van der Waals surface area contributed by atoms with Crippen LogP contribution in [0.15, 0.2) is 36.4 Å². The molecule has 0 aliphatic rings. The number of rotatable bonds is 5. The highest BCUT2D eigenvalue weighted by Gasteiger charge is 2.18. The lowest BCUT2D eigenvalue weighted by Crippen LogP contribution is -2.11. The summed E-state index contributed by atoms with van der Waals surface area (Å²) in [5.41, 5.74) is 7.13. The van der Waals surface area contributed by atoms with Crippen LogP contribution in [-0.2, 0) is 6.42 Å². The molecule has 5 heteroatoms. The van der Waals surface area contributed by atoms with Gasteiger partial charge in [0.1, 0.15) is 5.75 Å². The average molecular weight is 319 g/mol. The van der Waals surface area contributed by atoms with E-state index < -0.39 is 11.9 Å². The van der Waals surface area contributed by atoms with Gasteiger partial charge < -0.3 is 10.5 Å². The summed E-state index contributed by atoms with van der Waals surface area (Å²) in [4.78, 5) is 0. The Labute approximate surface area is 134 Å². The molecule has 2 aromatic rings. The van der Waals surface area contributed by atoms with Crippen LogP contribution in [-0.4, -0.2) is 0 Å². The summed E-state index contributed by atoms with van der Waals surface area (Å²) >= 11 is 6.03. The first kappa shape index (κ1) is 16.3. The van der Waals surface area contributed by atoms with E-state index in [4.69, 9.17) is 27.3 Å². The van der Waals surface area contributed by atoms with E-state index in [0.717, 1.165) is 5.56 Å². The fourth-order valence-electron chi connectivity index (χ4n) is 2.03. The number of ether oxygens (including phenoxy) is 1. The molecule has 0 bridgehead atoms. The number of hydrogen-bond acceptors (Lipinski definition) is 3. The third-order valence-corrected chi connectivity index (χ3v) is 3.64. The van der Waals surface area contributed by atoms with Crippen molar-refractivity contribution in [2.75, 3.05) is 0 Å². The second kappa shape index (κ2) is 7.26. The van der Waals surface area contributed by atoms with Crippen LogP contribution < -0.4 is 10.5 Å². The molecule has 0 saturated carbocycles. The van der Waals surface area contributed by atoms with Gasteiger partial charge >= 0.3 is 0 Å². The summed E-state index contributed by atoms with van der Waals surface area (Å²) in [5, 5.41) is 8.83. The van der Waals surface area contributed by atoms with E-state index in [2.05, 4.69) is 6.07 Å². The van der Waals surface area contributed by atoms with E-state index in [9.17, 15) is 4.39 Å². The first-order chi connectivity index (χ1) is 10.6. The Morgan fingerprint density at radius 3 is 2.55 bits per heavy atom. The average Bonchev–Trinajstić information content (AvgIpc) is 2.52. The van der Waals surface area contributed by atoms with E-state index in [1.807, 2.05) is 6.92 Å². The zero-order chi connectivity index (χ0) is 16.1. The largest absolute Gasteiger partial charge is 0.453 e. The third kappa shape index (κ3) is 3.56. The van der Waals surface area contributed by atoms with E-state index in [0.29, 0.717) is 24.2 Å². The summed E-state index contributed by atoms with van der Waals surface area (Å²) in [5.74, 6) is -0.122. The Hall–Kier alpha value is -2.09. The van der Waals surface area contributed by atoms with Crippen molar-refractivity contribution in [1.82, 2.24) is 0 Å². The van der Waals surface area contributed by atoms with Crippen molar-refractivity contribution in [2.24, 2.45) is 5.73 Å². The Bertz CT molecular complexity index is 695. The Morgan fingerprint density at radius 1 is 1.27 bits per heavy atom. The van der Waals surface area contributed by atoms with Crippen molar-refractivity contribution in [2.45, 2.75) is 25.8 Å². The van der Waals surface area contributed by atoms with Crippen molar-refractivity contribution in [3.05, 3.63) is 58.4 Å². The quantitative estimate of drug-likeness (QED) is 0.865. The van der Waals surface area contributed by atoms with Gasteiger partial charge in [0.2, 0.25) is 0 Å². The zero-order valence-electron chi connectivity index (χ0n) is 12.1. The van der Waals surface area contributed by atoms with Gasteiger partial charge in [-0.3, -0.25) is 0 Å². The molecule has 3 nitrogen and oxygen atoms in total. The predicted octanol–water partition coefficient (Wildman–Crippen LogP) is 4.75. The molecule has 0 spiro atoms. The van der Waals surface area contributed by atoms with Crippen molar-refractivity contribution >= 4 is 11.6 Å². The molecule has 2 N–H and O–H groups in total. The molecular weight excluding hydrogens is 303 g/mol. The maximum absolute atomic E-state index is 14.5. The molecule has 1 atom stereocenters. The van der Waals surface area contributed by atoms with Gasteiger partial charge in [-0.15, -0.1) is 0 Å². The Balaban J connectivity index is 2.30. The minimum atomic E-state index is -0.539. The Kier molecular flexibility index (Phi) is 5.37. The van der Waals surface area contributed by atoms with E-state index in [-0.39, 0.29) is 10.8 Å². The third-order valence-electron chi connectivity index (χ3n) is 3.34. The van der Waals surface area contributed by atoms with Gasteiger partial charge in [-0.2, -0.15) is 5.26 Å². The lowest BCUT2D eigenvalue weighted by molar-refractivity contribution is 0.434. The van der Waals surface area contributed by atoms with Gasteiger partial charge in [0.25, 0.3) is 0 Å². The number of benzene rings is 2. The molecule has 22 heavy (non-hydrogen) atoms. The zero-order valence-corrected chi connectivity index (χ0v) is 12.9. The van der Waals surface area contributed by atoms with Crippen LogP contribution in [0.2, 0.25) is 5.02 Å². The standard InChI is InChI=1S/C17H16ClFN2O/c1-2-15(21)13-7-8-14(18)17(16(13)19)22-12-5-3-11(4-6-12)9-10-20/h3-8,15H,2,9,21H2,1H3/t15-/m1/s1. The van der Waals surface area contributed by atoms with Crippen LogP contribution in [0.5, 0.6) is 11.5 Å². The second-order valence-corrected chi connectivity index (χ2v) is 5.28. The summed E-state index contributed by atoms with van der Waals surface area (Å²) in [6.45, 7) is 1.88. The summed E-state index contributed by atoms with van der Waals surface area (Å²) in [6.07, 6.45) is 0.928. The number of nitrogens with zero attached hydrogens (tertiary/aromatic N) is 1. The maximum Gasteiger partial charge on any atom is 0.181 e. The fourth-order valence-corrected chi connectivity index (χ4v) is 2.22. The smallest absolute Gasteiger partial charge is 0.181 e. The highest BCUT2D eigenvalue weighted by atomic mass is 35.5. The predicted molar refractivity (Wildman–Crippen MR) is 84.5 cm³/mol. The van der Waals surface area contributed by atoms with Gasteiger partial charge in [-0.05, 0) is 30.2 Å². The monoisotopic (exact) mass is 318 g/mol. The summed E-state index contributed by atoms with van der Waals surface area (Å²) in [6, 6.07) is 11.7. The SMILES string of the molecule is CC[C@@H](N)c1ccc(Cl)c(Oc2ccc(CC#N)cc2)c1F. The molecule has 0 radical (unpaired) electrons. The van der Waals surface area contributed by atoms with Crippen LogP contribution in [0.1, 0.15) is 30.5 Å². The van der Waals surface area contributed by atoms with Crippen LogP contribution >= 0.6 is 11.6 Å². The molecule has 0 aliphatic carbocycles. The van der Waals surface area contributed by atoms with Crippen LogP contribution in [0.4, 0.5) is 4.39 Å². The molecule has 0 fully saturated rings. The second-order valence-electron chi connectivity index (χ2n) is 4.88. The normalized spacial score (nSPS) is 11.8. The lowest BCUT2D eigenvalue weighted by Gasteiger charge is -2.15. The molecule has 0 heterocycles. The number of nitriles is 1. The van der Waals surface area contributed by atoms with E-state index in [1.165, 1.54) is 0 Å². The highest BCUT2D eigenvalue weighted by molar-refractivity contribution is 6.32. The molecule has 0 unspecified atom stereocenters. The highest BCUT2D eigenvalue weighted by Crippen LogP contribution is 2.36. The van der Waals surface area contributed by atoms with Crippen LogP contribution in [0, 0.1) is 17.1 Å². The van der Waals surface area contributed by atoms with Crippen molar-refractivity contribution < 1.29 is 9.13 Å². The van der Waals surface area contributed by atoms with Crippen molar-refractivity contribution in [3.63, 3.8) is 0 Å². The van der Waals surface area contributed by atoms with E-state index >= 15 is 0 Å². The van der Waals surface area contributed by atoms with Crippen molar-refractivity contribution in [3.8, 4) is 17.6 Å². The molecule has 0 aliphatic heterocycles. The first-order valence-corrected chi connectivity index (χ1v) is 7.31. The molecule has 0 amide bonds. The van der Waals surface area contributed by atoms with Gasteiger partial charge in [0.15, 0.2) is 11.6 Å². The van der Waals surface area contributed by atoms with Crippen LogP contribution in [0.25, 0.3) is 0 Å². The molecule has 114 valence electrons. The van der Waals surface area contributed by atoms with Crippen molar-refractivity contribution in [1.29, 1.82) is 5.26 Å². The number of halogens is 2.